The highest BCUT2D eigenvalue weighted by atomic mass is 16.4. The molecule has 2 aromatic rings. The summed E-state index contributed by atoms with van der Waals surface area (Å²) in [6.45, 7) is 2.00. The highest BCUT2D eigenvalue weighted by Crippen LogP contribution is 2.54. The molecular formula is C24H26O4. The fraction of sp³-hybridized carbons (Fsp3) is 0.417. The van der Waals surface area contributed by atoms with Gasteiger partial charge in [-0.2, -0.15) is 0 Å². The van der Waals surface area contributed by atoms with Crippen LogP contribution >= 0.6 is 0 Å². The van der Waals surface area contributed by atoms with Gasteiger partial charge in [0.25, 0.3) is 0 Å². The second-order valence-corrected chi connectivity index (χ2v) is 8.49. The van der Waals surface area contributed by atoms with Gasteiger partial charge in [0.15, 0.2) is 5.78 Å². The normalized spacial score (nSPS) is 29.1. The van der Waals surface area contributed by atoms with Crippen molar-refractivity contribution in [3.63, 3.8) is 0 Å². The number of carbonyl (C=O) groups excluding carboxylic acids is 1. The standard InChI is InChI=1S/C24H26O4/c1-2-23(28)10-11-24(14-16-6-4-3-5-7-16)18(15-23)13-21(25)19-12-17(22(26)27)8-9-20(19)24/h3-9,12,18,28H,2,10-11,13-15H2,1H3,(H,26,27). The van der Waals surface area contributed by atoms with Gasteiger partial charge >= 0.3 is 5.97 Å². The van der Waals surface area contributed by atoms with Crippen LogP contribution in [0.5, 0.6) is 0 Å². The summed E-state index contributed by atoms with van der Waals surface area (Å²) in [6, 6.07) is 15.3. The van der Waals surface area contributed by atoms with E-state index in [0.717, 1.165) is 18.4 Å². The number of aliphatic hydroxyl groups is 1. The summed E-state index contributed by atoms with van der Waals surface area (Å²) in [5, 5.41) is 20.3. The van der Waals surface area contributed by atoms with Gasteiger partial charge in [-0.15, -0.1) is 0 Å². The Kier molecular flexibility index (Phi) is 4.62. The summed E-state index contributed by atoms with van der Waals surface area (Å²) >= 11 is 0. The molecule has 2 aromatic carbocycles. The predicted molar refractivity (Wildman–Crippen MR) is 107 cm³/mol. The van der Waals surface area contributed by atoms with E-state index in [1.54, 1.807) is 12.1 Å². The van der Waals surface area contributed by atoms with Crippen molar-refractivity contribution in [2.24, 2.45) is 5.92 Å². The second-order valence-electron chi connectivity index (χ2n) is 8.49. The summed E-state index contributed by atoms with van der Waals surface area (Å²) in [7, 11) is 0. The van der Waals surface area contributed by atoms with Gasteiger partial charge in [-0.3, -0.25) is 4.79 Å². The molecule has 0 radical (unpaired) electrons. The summed E-state index contributed by atoms with van der Waals surface area (Å²) in [6.07, 6.45) is 3.95. The Morgan fingerprint density at radius 2 is 1.89 bits per heavy atom. The molecular weight excluding hydrogens is 352 g/mol. The molecule has 0 heterocycles. The van der Waals surface area contributed by atoms with Crippen LogP contribution < -0.4 is 0 Å². The zero-order valence-corrected chi connectivity index (χ0v) is 16.1. The minimum Gasteiger partial charge on any atom is -0.478 e. The Hall–Kier alpha value is -2.46. The monoisotopic (exact) mass is 378 g/mol. The molecule has 1 saturated carbocycles. The molecule has 0 aliphatic heterocycles. The highest BCUT2D eigenvalue weighted by molar-refractivity contribution is 6.01. The molecule has 3 atom stereocenters. The third kappa shape index (κ3) is 3.06. The topological polar surface area (TPSA) is 74.6 Å². The molecule has 0 bridgehead atoms. The first-order valence-corrected chi connectivity index (χ1v) is 10.0. The van der Waals surface area contributed by atoms with Gasteiger partial charge in [-0.05, 0) is 61.3 Å². The van der Waals surface area contributed by atoms with E-state index in [1.807, 2.05) is 31.2 Å². The molecule has 3 unspecified atom stereocenters. The van der Waals surface area contributed by atoms with Crippen LogP contribution in [0.1, 0.15) is 70.9 Å². The third-order valence-electron chi connectivity index (χ3n) is 7.00. The average molecular weight is 378 g/mol. The van der Waals surface area contributed by atoms with E-state index in [0.29, 0.717) is 31.2 Å². The molecule has 1 fully saturated rings. The van der Waals surface area contributed by atoms with Crippen molar-refractivity contribution in [1.82, 2.24) is 0 Å². The maximum atomic E-state index is 12.9. The molecule has 4 heteroatoms. The minimum atomic E-state index is -1.01. The smallest absolute Gasteiger partial charge is 0.335 e. The van der Waals surface area contributed by atoms with E-state index in [4.69, 9.17) is 0 Å². The number of ketones is 1. The molecule has 0 amide bonds. The van der Waals surface area contributed by atoms with Gasteiger partial charge in [0.05, 0.1) is 11.2 Å². The lowest BCUT2D eigenvalue weighted by Gasteiger charge is -2.53. The Bertz CT molecular complexity index is 919. The molecule has 2 aliphatic carbocycles. The second kappa shape index (κ2) is 6.85. The number of benzene rings is 2. The van der Waals surface area contributed by atoms with E-state index in [9.17, 15) is 19.8 Å². The first kappa shape index (κ1) is 18.9. The molecule has 2 N–H and O–H groups in total. The largest absolute Gasteiger partial charge is 0.478 e. The van der Waals surface area contributed by atoms with Gasteiger partial charge in [0.2, 0.25) is 0 Å². The lowest BCUT2D eigenvalue weighted by Crippen LogP contribution is -2.52. The maximum Gasteiger partial charge on any atom is 0.335 e. The third-order valence-corrected chi connectivity index (χ3v) is 7.00. The summed E-state index contributed by atoms with van der Waals surface area (Å²) < 4.78 is 0. The summed E-state index contributed by atoms with van der Waals surface area (Å²) in [5.41, 5.74) is 1.90. The van der Waals surface area contributed by atoms with Crippen molar-refractivity contribution in [1.29, 1.82) is 0 Å². The number of hydrogen-bond acceptors (Lipinski definition) is 3. The first-order chi connectivity index (χ1) is 13.4. The molecule has 0 saturated heterocycles. The van der Waals surface area contributed by atoms with Crippen molar-refractivity contribution in [3.05, 3.63) is 70.8 Å². The Balaban J connectivity index is 1.85. The fourth-order valence-electron chi connectivity index (χ4n) is 5.32. The van der Waals surface area contributed by atoms with E-state index in [1.165, 1.54) is 5.56 Å². The number of carboxylic acids is 1. The molecule has 4 rings (SSSR count). The molecule has 0 spiro atoms. The number of rotatable bonds is 4. The zero-order valence-electron chi connectivity index (χ0n) is 16.1. The maximum absolute atomic E-state index is 12.9. The average Bonchev–Trinajstić information content (AvgIpc) is 2.70. The van der Waals surface area contributed by atoms with Gasteiger partial charge < -0.3 is 10.2 Å². The predicted octanol–water partition coefficient (Wildman–Crippen LogP) is 4.39. The highest BCUT2D eigenvalue weighted by Gasteiger charge is 2.52. The van der Waals surface area contributed by atoms with E-state index >= 15 is 0 Å². The summed E-state index contributed by atoms with van der Waals surface area (Å²) in [5.74, 6) is -0.965. The van der Waals surface area contributed by atoms with Crippen LogP contribution in [-0.4, -0.2) is 27.6 Å². The molecule has 28 heavy (non-hydrogen) atoms. The molecule has 2 aliphatic rings. The van der Waals surface area contributed by atoms with Crippen LogP contribution in [0.15, 0.2) is 48.5 Å². The van der Waals surface area contributed by atoms with Crippen LogP contribution in [0.4, 0.5) is 0 Å². The lowest BCUT2D eigenvalue weighted by molar-refractivity contribution is -0.0503. The van der Waals surface area contributed by atoms with Crippen LogP contribution in [0.2, 0.25) is 0 Å². The van der Waals surface area contributed by atoms with Crippen molar-refractivity contribution in [2.45, 2.75) is 56.5 Å². The fourth-order valence-corrected chi connectivity index (χ4v) is 5.32. The van der Waals surface area contributed by atoms with Crippen LogP contribution in [0.3, 0.4) is 0 Å². The van der Waals surface area contributed by atoms with Gasteiger partial charge in [-0.1, -0.05) is 43.3 Å². The Morgan fingerprint density at radius 3 is 2.57 bits per heavy atom. The Labute approximate surface area is 165 Å². The number of aromatic carboxylic acids is 1. The van der Waals surface area contributed by atoms with Crippen molar-refractivity contribution in [3.8, 4) is 0 Å². The van der Waals surface area contributed by atoms with Crippen molar-refractivity contribution < 1.29 is 19.8 Å². The number of carboxylic acid groups (broad SMARTS) is 1. The van der Waals surface area contributed by atoms with E-state index < -0.39 is 11.6 Å². The molecule has 146 valence electrons. The molecule has 0 aromatic heterocycles. The number of carbonyl (C=O) groups is 2. The molecule has 4 nitrogen and oxygen atoms in total. The van der Waals surface area contributed by atoms with Gasteiger partial charge in [-0.25, -0.2) is 4.79 Å². The minimum absolute atomic E-state index is 0.00728. The number of fused-ring (bicyclic) bond motifs is 3. The van der Waals surface area contributed by atoms with Crippen molar-refractivity contribution in [2.75, 3.05) is 0 Å². The Morgan fingerprint density at radius 1 is 1.14 bits per heavy atom. The van der Waals surface area contributed by atoms with E-state index in [-0.39, 0.29) is 22.7 Å². The first-order valence-electron chi connectivity index (χ1n) is 10.0. The SMILES string of the molecule is CCC1(O)CCC2(Cc3ccccc3)c3ccc(C(=O)O)cc3C(=O)CC2C1. The zero-order chi connectivity index (χ0) is 19.9. The van der Waals surface area contributed by atoms with Gasteiger partial charge in [0, 0.05) is 17.4 Å². The lowest BCUT2D eigenvalue weighted by atomic mass is 9.52. The van der Waals surface area contributed by atoms with Crippen molar-refractivity contribution >= 4 is 11.8 Å². The quantitative estimate of drug-likeness (QED) is 0.827. The van der Waals surface area contributed by atoms with Crippen LogP contribution in [0, 0.1) is 5.92 Å². The summed E-state index contributed by atoms with van der Waals surface area (Å²) in [4.78, 5) is 24.4. The van der Waals surface area contributed by atoms with Crippen LogP contribution in [0.25, 0.3) is 0 Å². The number of hydrogen-bond donors (Lipinski definition) is 2. The van der Waals surface area contributed by atoms with Crippen LogP contribution in [-0.2, 0) is 11.8 Å². The number of Topliss-reactive ketones (excluding diaryl/α,β-unsaturated/α-hetero) is 1. The van der Waals surface area contributed by atoms with E-state index in [2.05, 4.69) is 12.1 Å². The van der Waals surface area contributed by atoms with Gasteiger partial charge in [0.1, 0.15) is 0 Å².